The quantitative estimate of drug-likeness (QED) is 0.918. The highest BCUT2D eigenvalue weighted by Crippen LogP contribution is 2.13. The van der Waals surface area contributed by atoms with Gasteiger partial charge in [-0.25, -0.2) is 4.79 Å². The van der Waals surface area contributed by atoms with E-state index in [0.29, 0.717) is 5.56 Å². The normalized spacial score (nSPS) is 17.0. The minimum absolute atomic E-state index is 0.110. The standard InChI is InChI=1S/C16H13N3O4/c20-12-7-4-10-23-15(12)19-9-8-13(18-16(19)22)17-14(21)11-5-2-1-3-6-11/h1-9,15H,10H2,(H,17,18,21,22)/t15-/m0/s1. The average molecular weight is 311 g/mol. The molecule has 1 aliphatic heterocycles. The summed E-state index contributed by atoms with van der Waals surface area (Å²) in [4.78, 5) is 39.6. The van der Waals surface area contributed by atoms with Gasteiger partial charge in [0.05, 0.1) is 6.61 Å². The van der Waals surface area contributed by atoms with Crippen molar-refractivity contribution >= 4 is 17.5 Å². The van der Waals surface area contributed by atoms with Gasteiger partial charge in [-0.2, -0.15) is 4.98 Å². The first-order valence-electron chi connectivity index (χ1n) is 6.93. The Kier molecular flexibility index (Phi) is 4.11. The van der Waals surface area contributed by atoms with Gasteiger partial charge in [-0.15, -0.1) is 0 Å². The van der Waals surface area contributed by atoms with Crippen LogP contribution in [-0.4, -0.2) is 27.8 Å². The van der Waals surface area contributed by atoms with Crippen LogP contribution < -0.4 is 11.0 Å². The fourth-order valence-corrected chi connectivity index (χ4v) is 2.13. The molecule has 3 rings (SSSR count). The number of hydrogen-bond donors (Lipinski definition) is 1. The maximum absolute atomic E-state index is 12.0. The fourth-order valence-electron chi connectivity index (χ4n) is 2.13. The molecule has 23 heavy (non-hydrogen) atoms. The lowest BCUT2D eigenvalue weighted by Gasteiger charge is -2.19. The summed E-state index contributed by atoms with van der Waals surface area (Å²) in [5, 5.41) is 2.54. The lowest BCUT2D eigenvalue weighted by molar-refractivity contribution is -0.132. The summed E-state index contributed by atoms with van der Waals surface area (Å²) in [5.74, 6) is -0.594. The first-order chi connectivity index (χ1) is 11.1. The molecule has 0 bridgehead atoms. The second-order valence-corrected chi connectivity index (χ2v) is 4.81. The van der Waals surface area contributed by atoms with Crippen molar-refractivity contribution in [1.82, 2.24) is 9.55 Å². The Morgan fingerprint density at radius 1 is 1.22 bits per heavy atom. The number of benzene rings is 1. The zero-order chi connectivity index (χ0) is 16.2. The molecule has 1 N–H and O–H groups in total. The van der Waals surface area contributed by atoms with Gasteiger partial charge in [0.15, 0.2) is 0 Å². The van der Waals surface area contributed by atoms with Gasteiger partial charge in [0.1, 0.15) is 5.82 Å². The summed E-state index contributed by atoms with van der Waals surface area (Å²) < 4.78 is 6.33. The molecule has 7 nitrogen and oxygen atoms in total. The van der Waals surface area contributed by atoms with Gasteiger partial charge in [-0.1, -0.05) is 24.3 Å². The number of ether oxygens (including phenoxy) is 1. The van der Waals surface area contributed by atoms with E-state index in [1.54, 1.807) is 36.4 Å². The van der Waals surface area contributed by atoms with Crippen LogP contribution in [0, 0.1) is 0 Å². The predicted molar refractivity (Wildman–Crippen MR) is 82.0 cm³/mol. The number of carbonyl (C=O) groups excluding carboxylic acids is 2. The van der Waals surface area contributed by atoms with Crippen LogP contribution in [0.15, 0.2) is 59.5 Å². The summed E-state index contributed by atoms with van der Waals surface area (Å²) in [5.41, 5.74) is -0.223. The molecule has 2 heterocycles. The number of hydrogen-bond acceptors (Lipinski definition) is 5. The second kappa shape index (κ2) is 6.37. The average Bonchev–Trinajstić information content (AvgIpc) is 2.57. The van der Waals surface area contributed by atoms with Crippen molar-refractivity contribution in [2.24, 2.45) is 0 Å². The van der Waals surface area contributed by atoms with Gasteiger partial charge < -0.3 is 10.1 Å². The lowest BCUT2D eigenvalue weighted by atomic mass is 10.2. The highest BCUT2D eigenvalue weighted by molar-refractivity contribution is 6.03. The molecule has 0 aliphatic carbocycles. The third-order valence-corrected chi connectivity index (χ3v) is 3.24. The molecular weight excluding hydrogens is 298 g/mol. The third-order valence-electron chi connectivity index (χ3n) is 3.24. The zero-order valence-corrected chi connectivity index (χ0v) is 12.0. The van der Waals surface area contributed by atoms with E-state index < -0.39 is 11.9 Å². The molecule has 1 amide bonds. The summed E-state index contributed by atoms with van der Waals surface area (Å²) in [6.07, 6.45) is 3.30. The molecule has 1 aliphatic rings. The predicted octanol–water partition coefficient (Wildman–Crippen LogP) is 1.15. The van der Waals surface area contributed by atoms with Crippen molar-refractivity contribution in [3.05, 3.63) is 70.8 Å². The van der Waals surface area contributed by atoms with E-state index in [-0.39, 0.29) is 24.1 Å². The Morgan fingerprint density at radius 2 is 2.00 bits per heavy atom. The highest BCUT2D eigenvalue weighted by Gasteiger charge is 2.22. The first kappa shape index (κ1) is 14.9. The molecule has 1 aromatic heterocycles. The van der Waals surface area contributed by atoms with Crippen molar-refractivity contribution in [3.63, 3.8) is 0 Å². The molecule has 1 atom stereocenters. The molecule has 2 aromatic rings. The molecule has 0 saturated heterocycles. The smallest absolute Gasteiger partial charge is 0.346 e. The van der Waals surface area contributed by atoms with E-state index in [2.05, 4.69) is 10.3 Å². The Hall–Kier alpha value is -3.06. The molecule has 0 unspecified atom stereocenters. The van der Waals surface area contributed by atoms with Crippen LogP contribution in [0.5, 0.6) is 0 Å². The van der Waals surface area contributed by atoms with Crippen LogP contribution in [0.2, 0.25) is 0 Å². The Labute approximate surface area is 131 Å². The monoisotopic (exact) mass is 311 g/mol. The SMILES string of the molecule is O=C(Nc1ccn([C@H]2OCC=CC2=O)c(=O)n1)c1ccccc1. The van der Waals surface area contributed by atoms with Crippen molar-refractivity contribution < 1.29 is 14.3 Å². The minimum atomic E-state index is -1.01. The number of nitrogens with one attached hydrogen (secondary N) is 1. The molecule has 0 radical (unpaired) electrons. The van der Waals surface area contributed by atoms with Crippen LogP contribution in [0.1, 0.15) is 16.6 Å². The zero-order valence-electron chi connectivity index (χ0n) is 12.0. The second-order valence-electron chi connectivity index (χ2n) is 4.81. The van der Waals surface area contributed by atoms with Crippen LogP contribution in [0.3, 0.4) is 0 Å². The number of amides is 1. The van der Waals surface area contributed by atoms with Gasteiger partial charge in [-0.05, 0) is 24.3 Å². The van der Waals surface area contributed by atoms with E-state index in [1.807, 2.05) is 0 Å². The van der Waals surface area contributed by atoms with Gasteiger partial charge >= 0.3 is 5.69 Å². The summed E-state index contributed by atoms with van der Waals surface area (Å²) in [7, 11) is 0. The molecule has 0 saturated carbocycles. The largest absolute Gasteiger partial charge is 0.352 e. The molecule has 0 spiro atoms. The van der Waals surface area contributed by atoms with Crippen LogP contribution >= 0.6 is 0 Å². The van der Waals surface area contributed by atoms with Gasteiger partial charge in [0, 0.05) is 11.8 Å². The number of rotatable bonds is 3. The van der Waals surface area contributed by atoms with Gasteiger partial charge in [0.2, 0.25) is 12.0 Å². The third kappa shape index (κ3) is 3.24. The summed E-state index contributed by atoms with van der Waals surface area (Å²) in [6.45, 7) is 0.245. The van der Waals surface area contributed by atoms with E-state index in [9.17, 15) is 14.4 Å². The Balaban J connectivity index is 1.80. The maximum Gasteiger partial charge on any atom is 0.352 e. The highest BCUT2D eigenvalue weighted by atomic mass is 16.5. The molecule has 7 heteroatoms. The molecule has 1 aromatic carbocycles. The fraction of sp³-hybridized carbons (Fsp3) is 0.125. The van der Waals surface area contributed by atoms with Crippen LogP contribution in [0.4, 0.5) is 5.82 Å². The van der Waals surface area contributed by atoms with E-state index in [1.165, 1.54) is 18.3 Å². The van der Waals surface area contributed by atoms with E-state index in [4.69, 9.17) is 4.74 Å². The Bertz CT molecular complexity index is 827. The van der Waals surface area contributed by atoms with Gasteiger partial charge in [0.25, 0.3) is 5.91 Å². The van der Waals surface area contributed by atoms with Crippen molar-refractivity contribution in [2.75, 3.05) is 11.9 Å². The van der Waals surface area contributed by atoms with Crippen LogP contribution in [0.25, 0.3) is 0 Å². The Morgan fingerprint density at radius 3 is 2.70 bits per heavy atom. The van der Waals surface area contributed by atoms with Crippen molar-refractivity contribution in [1.29, 1.82) is 0 Å². The molecular formula is C16H13N3O4. The van der Waals surface area contributed by atoms with E-state index in [0.717, 1.165) is 4.57 Å². The van der Waals surface area contributed by atoms with Crippen molar-refractivity contribution in [2.45, 2.75) is 6.23 Å². The topological polar surface area (TPSA) is 90.3 Å². The summed E-state index contributed by atoms with van der Waals surface area (Å²) >= 11 is 0. The number of nitrogens with zero attached hydrogens (tertiary/aromatic N) is 2. The minimum Gasteiger partial charge on any atom is -0.346 e. The number of ketones is 1. The number of anilines is 1. The lowest BCUT2D eigenvalue weighted by Crippen LogP contribution is -2.34. The molecule has 116 valence electrons. The van der Waals surface area contributed by atoms with Gasteiger partial charge in [-0.3, -0.25) is 14.2 Å². The van der Waals surface area contributed by atoms with Crippen molar-refractivity contribution in [3.8, 4) is 0 Å². The maximum atomic E-state index is 12.0. The summed E-state index contributed by atoms with van der Waals surface area (Å²) in [6, 6.07) is 10.0. The number of carbonyl (C=O) groups is 2. The number of aromatic nitrogens is 2. The van der Waals surface area contributed by atoms with Crippen LogP contribution in [-0.2, 0) is 9.53 Å². The van der Waals surface area contributed by atoms with E-state index >= 15 is 0 Å². The first-order valence-corrected chi connectivity index (χ1v) is 6.93. The molecule has 0 fully saturated rings.